The highest BCUT2D eigenvalue weighted by atomic mass is 32.2. The summed E-state index contributed by atoms with van der Waals surface area (Å²) in [5.41, 5.74) is 0. The van der Waals surface area contributed by atoms with E-state index in [9.17, 15) is 8.42 Å². The summed E-state index contributed by atoms with van der Waals surface area (Å²) in [4.78, 5) is 0. The minimum absolute atomic E-state index is 0. The monoisotopic (exact) mass is 215 g/mol. The molecule has 0 atom stereocenters. The Morgan fingerprint density at radius 2 is 1.69 bits per heavy atom. The van der Waals surface area contributed by atoms with Crippen LogP contribution in [0.15, 0.2) is 0 Å². The second-order valence-corrected chi connectivity index (χ2v) is 4.02. The molecular formula is C7H18FNO3S. The number of rotatable bonds is 7. The van der Waals surface area contributed by atoms with Crippen LogP contribution >= 0.6 is 0 Å². The van der Waals surface area contributed by atoms with Crippen LogP contribution in [0.3, 0.4) is 0 Å². The standard InChI is InChI=1S/C7H17NO3S.FH/c1-2-3-4-5-6-7-8-12(9,10)11;/h8H,2-7H2,1H3,(H,9,10,11);1H. The van der Waals surface area contributed by atoms with Crippen molar-refractivity contribution in [2.45, 2.75) is 39.0 Å². The van der Waals surface area contributed by atoms with E-state index in [1.165, 1.54) is 12.8 Å². The number of halogens is 1. The smallest absolute Gasteiger partial charge is 0.273 e. The first-order valence-corrected chi connectivity index (χ1v) is 5.72. The van der Waals surface area contributed by atoms with Crippen molar-refractivity contribution in [1.29, 1.82) is 0 Å². The third kappa shape index (κ3) is 14.6. The van der Waals surface area contributed by atoms with Gasteiger partial charge in [0.05, 0.1) is 0 Å². The van der Waals surface area contributed by atoms with Gasteiger partial charge in [-0.2, -0.15) is 13.1 Å². The average molecular weight is 215 g/mol. The average Bonchev–Trinajstić information content (AvgIpc) is 1.94. The largest absolute Gasteiger partial charge is 0.333 e. The van der Waals surface area contributed by atoms with Crippen molar-refractivity contribution in [1.82, 2.24) is 4.72 Å². The van der Waals surface area contributed by atoms with Crippen LogP contribution in [-0.2, 0) is 10.3 Å². The fraction of sp³-hybridized carbons (Fsp3) is 1.00. The zero-order valence-corrected chi connectivity index (χ0v) is 8.64. The van der Waals surface area contributed by atoms with Crippen molar-refractivity contribution in [3.63, 3.8) is 0 Å². The van der Waals surface area contributed by atoms with E-state index in [2.05, 4.69) is 6.92 Å². The number of hydrogen-bond acceptors (Lipinski definition) is 2. The minimum atomic E-state index is -3.97. The molecule has 0 aromatic carbocycles. The van der Waals surface area contributed by atoms with Crippen LogP contribution in [0.2, 0.25) is 0 Å². The van der Waals surface area contributed by atoms with Gasteiger partial charge >= 0.3 is 10.3 Å². The summed E-state index contributed by atoms with van der Waals surface area (Å²) in [6.45, 7) is 2.46. The molecule has 0 spiro atoms. The normalized spacial score (nSPS) is 10.9. The Morgan fingerprint density at radius 3 is 2.15 bits per heavy atom. The predicted octanol–water partition coefficient (Wildman–Crippen LogP) is 1.50. The van der Waals surface area contributed by atoms with E-state index in [1.54, 1.807) is 0 Å². The van der Waals surface area contributed by atoms with Crippen LogP contribution in [0.1, 0.15) is 39.0 Å². The molecule has 0 amide bonds. The van der Waals surface area contributed by atoms with Gasteiger partial charge in [0, 0.05) is 6.54 Å². The molecule has 0 saturated heterocycles. The Bertz CT molecular complexity index is 194. The third-order valence-corrected chi connectivity index (χ3v) is 2.13. The fourth-order valence-electron chi connectivity index (χ4n) is 0.930. The van der Waals surface area contributed by atoms with Crippen LogP contribution in [0.5, 0.6) is 0 Å². The molecule has 0 aliphatic heterocycles. The minimum Gasteiger partial charge on any atom is -0.273 e. The lowest BCUT2D eigenvalue weighted by atomic mass is 10.2. The summed E-state index contributed by atoms with van der Waals surface area (Å²) < 4.78 is 30.6. The lowest BCUT2D eigenvalue weighted by Crippen LogP contribution is -2.23. The SMILES string of the molecule is CCCCCCCNS(=O)(=O)O.F. The molecule has 0 radical (unpaired) electrons. The third-order valence-electron chi connectivity index (χ3n) is 1.56. The molecule has 13 heavy (non-hydrogen) atoms. The molecule has 0 aromatic heterocycles. The maximum Gasteiger partial charge on any atom is 0.333 e. The topological polar surface area (TPSA) is 66.4 Å². The van der Waals surface area contributed by atoms with E-state index in [0.29, 0.717) is 6.54 Å². The Labute approximate surface area is 79.0 Å². The number of nitrogens with one attached hydrogen (secondary N) is 1. The van der Waals surface area contributed by atoms with Crippen molar-refractivity contribution >= 4 is 10.3 Å². The summed E-state index contributed by atoms with van der Waals surface area (Å²) >= 11 is 0. The predicted molar refractivity (Wildman–Crippen MR) is 50.8 cm³/mol. The molecule has 0 heterocycles. The molecule has 82 valence electrons. The highest BCUT2D eigenvalue weighted by Gasteiger charge is 1.99. The molecule has 0 fully saturated rings. The zero-order valence-electron chi connectivity index (χ0n) is 7.82. The summed E-state index contributed by atoms with van der Waals surface area (Å²) in [6.07, 6.45) is 5.29. The summed E-state index contributed by atoms with van der Waals surface area (Å²) in [5, 5.41) is 0. The van der Waals surface area contributed by atoms with E-state index in [0.717, 1.165) is 19.3 Å². The summed E-state index contributed by atoms with van der Waals surface area (Å²) in [6, 6.07) is 0. The van der Waals surface area contributed by atoms with Crippen molar-refractivity contribution in [3.8, 4) is 0 Å². The number of unbranched alkanes of at least 4 members (excludes halogenated alkanes) is 4. The van der Waals surface area contributed by atoms with E-state index in [-0.39, 0.29) is 4.70 Å². The molecule has 2 N–H and O–H groups in total. The van der Waals surface area contributed by atoms with Gasteiger partial charge < -0.3 is 0 Å². The molecule has 4 nitrogen and oxygen atoms in total. The molecule has 0 bridgehead atoms. The van der Waals surface area contributed by atoms with E-state index in [1.807, 2.05) is 4.72 Å². The molecule has 0 rings (SSSR count). The molecular weight excluding hydrogens is 197 g/mol. The van der Waals surface area contributed by atoms with Gasteiger partial charge in [-0.3, -0.25) is 9.26 Å². The lowest BCUT2D eigenvalue weighted by molar-refractivity contribution is 0.465. The maximum absolute atomic E-state index is 10.2. The Hall–Kier alpha value is -0.200. The van der Waals surface area contributed by atoms with E-state index in [4.69, 9.17) is 4.55 Å². The van der Waals surface area contributed by atoms with Gasteiger partial charge in [-0.15, -0.1) is 0 Å². The maximum atomic E-state index is 10.2. The first-order chi connectivity index (χ1) is 5.56. The molecule has 0 aliphatic rings. The molecule has 6 heteroatoms. The first kappa shape index (κ1) is 15.3. The fourth-order valence-corrected chi connectivity index (χ4v) is 1.33. The van der Waals surface area contributed by atoms with Crippen molar-refractivity contribution in [2.24, 2.45) is 0 Å². The van der Waals surface area contributed by atoms with Gasteiger partial charge in [-0.1, -0.05) is 32.6 Å². The van der Waals surface area contributed by atoms with Crippen LogP contribution in [-0.4, -0.2) is 19.5 Å². The molecule has 0 aliphatic carbocycles. The molecule has 0 aromatic rings. The Morgan fingerprint density at radius 1 is 1.15 bits per heavy atom. The van der Waals surface area contributed by atoms with Crippen molar-refractivity contribution in [3.05, 3.63) is 0 Å². The highest BCUT2D eigenvalue weighted by Crippen LogP contribution is 2.01. The van der Waals surface area contributed by atoms with Crippen LogP contribution in [0.4, 0.5) is 4.70 Å². The summed E-state index contributed by atoms with van der Waals surface area (Å²) in [7, 11) is -3.97. The lowest BCUT2D eigenvalue weighted by Gasteiger charge is -2.00. The van der Waals surface area contributed by atoms with Crippen molar-refractivity contribution in [2.75, 3.05) is 6.54 Å². The Kier molecular flexibility index (Phi) is 9.87. The van der Waals surface area contributed by atoms with Gasteiger partial charge in [0.2, 0.25) is 0 Å². The first-order valence-electron chi connectivity index (χ1n) is 4.28. The van der Waals surface area contributed by atoms with Crippen molar-refractivity contribution < 1.29 is 17.7 Å². The van der Waals surface area contributed by atoms with Gasteiger partial charge in [-0.25, -0.2) is 0 Å². The van der Waals surface area contributed by atoms with Gasteiger partial charge in [0.15, 0.2) is 0 Å². The van der Waals surface area contributed by atoms with E-state index >= 15 is 0 Å². The van der Waals surface area contributed by atoms with E-state index < -0.39 is 10.3 Å². The van der Waals surface area contributed by atoms with Gasteiger partial charge in [-0.05, 0) is 6.42 Å². The molecule has 0 saturated carbocycles. The second-order valence-electron chi connectivity index (χ2n) is 2.78. The van der Waals surface area contributed by atoms with Gasteiger partial charge in [0.1, 0.15) is 0 Å². The number of hydrogen-bond donors (Lipinski definition) is 2. The van der Waals surface area contributed by atoms with Crippen LogP contribution in [0, 0.1) is 0 Å². The quantitative estimate of drug-likeness (QED) is 0.499. The van der Waals surface area contributed by atoms with Crippen LogP contribution in [0.25, 0.3) is 0 Å². The zero-order chi connectivity index (χ0) is 9.45. The van der Waals surface area contributed by atoms with Crippen LogP contribution < -0.4 is 4.72 Å². The second kappa shape index (κ2) is 8.40. The Balaban J connectivity index is 0. The highest BCUT2D eigenvalue weighted by molar-refractivity contribution is 7.83. The molecule has 0 unspecified atom stereocenters. The summed E-state index contributed by atoms with van der Waals surface area (Å²) in [5.74, 6) is 0. The van der Waals surface area contributed by atoms with Gasteiger partial charge in [0.25, 0.3) is 0 Å².